The molecule has 0 aromatic heterocycles. The second-order valence-corrected chi connectivity index (χ2v) is 4.94. The van der Waals surface area contributed by atoms with Crippen molar-refractivity contribution in [3.63, 3.8) is 0 Å². The largest absolute Gasteiger partial charge is 0.493 e. The van der Waals surface area contributed by atoms with Crippen molar-refractivity contribution in [2.24, 2.45) is 0 Å². The predicted octanol–water partition coefficient (Wildman–Crippen LogP) is 3.47. The number of carbonyl (C=O) groups is 1. The maximum atomic E-state index is 11.5. The Labute approximate surface area is 118 Å². The molecule has 0 bridgehead atoms. The van der Waals surface area contributed by atoms with Gasteiger partial charge in [-0.05, 0) is 5.56 Å². The summed E-state index contributed by atoms with van der Waals surface area (Å²) in [6, 6.07) is 9.72. The molecular formula is C16H18O4. The highest BCUT2D eigenvalue weighted by atomic mass is 16.7. The molecule has 0 N–H and O–H groups in total. The molecule has 0 unspecified atom stereocenters. The molecule has 1 aromatic rings. The van der Waals surface area contributed by atoms with Gasteiger partial charge in [0.2, 0.25) is 5.79 Å². The molecule has 4 heteroatoms. The SMILES string of the molecule is C=CO[C@@H](CC1=CC(=O)OC(C)(C)O1)c1ccccc1. The number of carbonyl (C=O) groups excluding carboxylic acids is 1. The van der Waals surface area contributed by atoms with Gasteiger partial charge in [0.15, 0.2) is 0 Å². The van der Waals surface area contributed by atoms with Crippen molar-refractivity contribution >= 4 is 5.97 Å². The van der Waals surface area contributed by atoms with Gasteiger partial charge in [-0.3, -0.25) is 0 Å². The second-order valence-electron chi connectivity index (χ2n) is 4.94. The van der Waals surface area contributed by atoms with Crippen molar-refractivity contribution in [1.82, 2.24) is 0 Å². The van der Waals surface area contributed by atoms with Gasteiger partial charge in [-0.2, -0.15) is 0 Å². The van der Waals surface area contributed by atoms with Crippen molar-refractivity contribution < 1.29 is 19.0 Å². The maximum absolute atomic E-state index is 11.5. The Bertz CT molecular complexity index is 517. The molecule has 0 saturated heterocycles. The van der Waals surface area contributed by atoms with E-state index in [1.54, 1.807) is 13.8 Å². The lowest BCUT2D eigenvalue weighted by Gasteiger charge is -2.31. The van der Waals surface area contributed by atoms with Crippen LogP contribution in [0.5, 0.6) is 0 Å². The van der Waals surface area contributed by atoms with E-state index in [-0.39, 0.29) is 6.10 Å². The fraction of sp³-hybridized carbons (Fsp3) is 0.312. The minimum absolute atomic E-state index is 0.248. The average molecular weight is 274 g/mol. The topological polar surface area (TPSA) is 44.8 Å². The molecule has 0 amide bonds. The third kappa shape index (κ3) is 3.63. The van der Waals surface area contributed by atoms with Crippen molar-refractivity contribution in [2.45, 2.75) is 32.2 Å². The van der Waals surface area contributed by atoms with Crippen LogP contribution < -0.4 is 0 Å². The van der Waals surface area contributed by atoms with Crippen LogP contribution in [0.1, 0.15) is 31.9 Å². The Morgan fingerprint density at radius 3 is 2.60 bits per heavy atom. The number of cyclic esters (lactones) is 1. The quantitative estimate of drug-likeness (QED) is 0.609. The molecular weight excluding hydrogens is 256 g/mol. The van der Waals surface area contributed by atoms with Crippen LogP contribution >= 0.6 is 0 Å². The summed E-state index contributed by atoms with van der Waals surface area (Å²) in [4.78, 5) is 11.5. The van der Waals surface area contributed by atoms with Gasteiger partial charge in [0, 0.05) is 20.3 Å². The van der Waals surface area contributed by atoms with Gasteiger partial charge < -0.3 is 14.2 Å². The number of esters is 1. The normalized spacial score (nSPS) is 18.3. The van der Waals surface area contributed by atoms with Gasteiger partial charge in [-0.25, -0.2) is 4.79 Å². The second kappa shape index (κ2) is 5.82. The third-order valence-corrected chi connectivity index (χ3v) is 2.82. The van der Waals surface area contributed by atoms with E-state index >= 15 is 0 Å². The summed E-state index contributed by atoms with van der Waals surface area (Å²) in [7, 11) is 0. The van der Waals surface area contributed by atoms with Gasteiger partial charge in [0.1, 0.15) is 11.9 Å². The number of hydrogen-bond acceptors (Lipinski definition) is 4. The zero-order valence-corrected chi connectivity index (χ0v) is 11.7. The number of hydrogen-bond donors (Lipinski definition) is 0. The van der Waals surface area contributed by atoms with Crippen molar-refractivity contribution in [2.75, 3.05) is 0 Å². The van der Waals surface area contributed by atoms with Gasteiger partial charge in [0.05, 0.1) is 12.3 Å². The standard InChI is InChI=1S/C16H18O4/c1-4-18-14(12-8-6-5-7-9-12)10-13-11-15(17)20-16(2,3)19-13/h4-9,11,14H,1,10H2,2-3H3/t14-/m0/s1. The first kappa shape index (κ1) is 14.2. The molecule has 20 heavy (non-hydrogen) atoms. The Hall–Kier alpha value is -2.23. The van der Waals surface area contributed by atoms with Crippen LogP contribution in [-0.4, -0.2) is 11.8 Å². The molecule has 1 aliphatic heterocycles. The molecule has 1 atom stereocenters. The molecule has 106 valence electrons. The van der Waals surface area contributed by atoms with E-state index in [1.807, 2.05) is 30.3 Å². The summed E-state index contributed by atoms with van der Waals surface area (Å²) in [5.74, 6) is -0.806. The minimum Gasteiger partial charge on any atom is -0.493 e. The lowest BCUT2D eigenvalue weighted by Crippen LogP contribution is -2.34. The van der Waals surface area contributed by atoms with E-state index in [0.29, 0.717) is 12.2 Å². The van der Waals surface area contributed by atoms with E-state index in [0.717, 1.165) is 5.56 Å². The zero-order chi connectivity index (χ0) is 14.6. The first-order valence-electron chi connectivity index (χ1n) is 6.44. The molecule has 0 aliphatic carbocycles. The lowest BCUT2D eigenvalue weighted by atomic mass is 10.0. The summed E-state index contributed by atoms with van der Waals surface area (Å²) in [5, 5.41) is 0. The van der Waals surface area contributed by atoms with Crippen LogP contribution in [0.2, 0.25) is 0 Å². The number of ether oxygens (including phenoxy) is 3. The van der Waals surface area contributed by atoms with Gasteiger partial charge in [-0.1, -0.05) is 36.9 Å². The van der Waals surface area contributed by atoms with Crippen LogP contribution in [0, 0.1) is 0 Å². The van der Waals surface area contributed by atoms with Crippen LogP contribution in [-0.2, 0) is 19.0 Å². The summed E-state index contributed by atoms with van der Waals surface area (Å²) < 4.78 is 16.2. The smallest absolute Gasteiger partial charge is 0.337 e. The van der Waals surface area contributed by atoms with Gasteiger partial charge in [-0.15, -0.1) is 0 Å². The average Bonchev–Trinajstić information content (AvgIpc) is 2.37. The Balaban J connectivity index is 2.16. The van der Waals surface area contributed by atoms with Crippen molar-refractivity contribution in [3.8, 4) is 0 Å². The Kier molecular flexibility index (Phi) is 4.13. The summed E-state index contributed by atoms with van der Waals surface area (Å²) >= 11 is 0. The first-order chi connectivity index (χ1) is 9.50. The van der Waals surface area contributed by atoms with E-state index in [9.17, 15) is 4.79 Å². The monoisotopic (exact) mass is 274 g/mol. The van der Waals surface area contributed by atoms with Crippen LogP contribution in [0.15, 0.2) is 55.0 Å². The van der Waals surface area contributed by atoms with E-state index in [2.05, 4.69) is 6.58 Å². The number of rotatable bonds is 5. The maximum Gasteiger partial charge on any atom is 0.337 e. The van der Waals surface area contributed by atoms with Crippen LogP contribution in [0.4, 0.5) is 0 Å². The molecule has 0 saturated carbocycles. The van der Waals surface area contributed by atoms with Gasteiger partial charge >= 0.3 is 5.97 Å². The fourth-order valence-electron chi connectivity index (χ4n) is 2.08. The predicted molar refractivity (Wildman–Crippen MR) is 74.4 cm³/mol. The molecule has 1 heterocycles. The van der Waals surface area contributed by atoms with Crippen LogP contribution in [0.3, 0.4) is 0 Å². The fourth-order valence-corrected chi connectivity index (χ4v) is 2.08. The van der Waals surface area contributed by atoms with E-state index in [4.69, 9.17) is 14.2 Å². The van der Waals surface area contributed by atoms with Crippen molar-refractivity contribution in [1.29, 1.82) is 0 Å². The molecule has 1 aromatic carbocycles. The lowest BCUT2D eigenvalue weighted by molar-refractivity contribution is -0.206. The summed E-state index contributed by atoms with van der Waals surface area (Å²) in [6.07, 6.45) is 2.94. The van der Waals surface area contributed by atoms with E-state index in [1.165, 1.54) is 12.3 Å². The third-order valence-electron chi connectivity index (χ3n) is 2.82. The Morgan fingerprint density at radius 2 is 2.00 bits per heavy atom. The number of benzene rings is 1. The summed E-state index contributed by atoms with van der Waals surface area (Å²) in [5.41, 5.74) is 0.994. The highest BCUT2D eigenvalue weighted by Crippen LogP contribution is 2.31. The van der Waals surface area contributed by atoms with Crippen molar-refractivity contribution in [3.05, 3.63) is 60.6 Å². The van der Waals surface area contributed by atoms with Crippen LogP contribution in [0.25, 0.3) is 0 Å². The molecule has 1 aliphatic rings. The van der Waals surface area contributed by atoms with E-state index < -0.39 is 11.8 Å². The minimum atomic E-state index is -0.948. The highest BCUT2D eigenvalue weighted by molar-refractivity contribution is 5.83. The first-order valence-corrected chi connectivity index (χ1v) is 6.44. The Morgan fingerprint density at radius 1 is 1.30 bits per heavy atom. The van der Waals surface area contributed by atoms with Gasteiger partial charge in [0.25, 0.3) is 0 Å². The zero-order valence-electron chi connectivity index (χ0n) is 11.7. The molecule has 0 fully saturated rings. The summed E-state index contributed by atoms with van der Waals surface area (Å²) in [6.45, 7) is 6.98. The molecule has 0 radical (unpaired) electrons. The molecule has 4 nitrogen and oxygen atoms in total. The molecule has 2 rings (SSSR count). The highest BCUT2D eigenvalue weighted by Gasteiger charge is 2.31. The molecule has 0 spiro atoms.